The molecule has 3 N–H and O–H groups in total. The number of benzene rings is 1. The third-order valence-electron chi connectivity index (χ3n) is 6.63. The van der Waals surface area contributed by atoms with Gasteiger partial charge in [0.25, 0.3) is 0 Å². The molecule has 0 fully saturated rings. The molecule has 2 atom stereocenters. The van der Waals surface area contributed by atoms with E-state index in [0.29, 0.717) is 19.4 Å². The summed E-state index contributed by atoms with van der Waals surface area (Å²) in [6.07, 6.45) is 17.4. The van der Waals surface area contributed by atoms with Crippen molar-refractivity contribution in [2.24, 2.45) is 0 Å². The van der Waals surface area contributed by atoms with E-state index in [9.17, 15) is 9.69 Å². The molecule has 1 aromatic carbocycles. The second kappa shape index (κ2) is 25.7. The Morgan fingerprint density at radius 3 is 2.13 bits per heavy atom. The number of nitrogens with two attached hydrogens (primary N) is 1. The number of carbonyl (C=O) groups is 1. The van der Waals surface area contributed by atoms with Crippen LogP contribution in [0.3, 0.4) is 0 Å². The fraction of sp³-hybridized carbons (Fsp3) is 0.774. The summed E-state index contributed by atoms with van der Waals surface area (Å²) >= 11 is 0. The summed E-state index contributed by atoms with van der Waals surface area (Å²) in [5.74, 6) is 0.523. The minimum absolute atomic E-state index is 0.0239. The zero-order valence-corrected chi connectivity index (χ0v) is 25.9. The van der Waals surface area contributed by atoms with Crippen molar-refractivity contribution in [3.8, 4) is 5.75 Å². The van der Waals surface area contributed by atoms with E-state index in [1.807, 2.05) is 25.1 Å². The molecular weight excluding hydrogens is 513 g/mol. The van der Waals surface area contributed by atoms with Gasteiger partial charge in [0.1, 0.15) is 19.0 Å². The van der Waals surface area contributed by atoms with Crippen LogP contribution in [0.15, 0.2) is 24.3 Å². The van der Waals surface area contributed by atoms with Gasteiger partial charge in [0.15, 0.2) is 6.10 Å². The summed E-state index contributed by atoms with van der Waals surface area (Å²) in [5.41, 5.74) is 1.17. The first-order valence-corrected chi connectivity index (χ1v) is 16.7. The molecule has 39 heavy (non-hydrogen) atoms. The molecule has 0 spiro atoms. The molecule has 0 radical (unpaired) electrons. The van der Waals surface area contributed by atoms with E-state index in [1.54, 1.807) is 0 Å². The van der Waals surface area contributed by atoms with E-state index in [1.165, 1.54) is 76.2 Å². The number of hydrogen-bond donors (Lipinski definition) is 2. The van der Waals surface area contributed by atoms with Gasteiger partial charge >= 0.3 is 14.6 Å². The van der Waals surface area contributed by atoms with Crippen molar-refractivity contribution < 1.29 is 33.5 Å². The molecule has 0 aliphatic rings. The quantitative estimate of drug-likeness (QED) is 0.0683. The van der Waals surface area contributed by atoms with Crippen LogP contribution in [-0.4, -0.2) is 49.9 Å². The third kappa shape index (κ3) is 20.3. The molecule has 0 aliphatic heterocycles. The van der Waals surface area contributed by atoms with Crippen LogP contribution in [0.5, 0.6) is 5.75 Å². The highest BCUT2D eigenvalue weighted by molar-refractivity contribution is 7.40. The number of ether oxygens (including phenoxy) is 2. The van der Waals surface area contributed by atoms with Crippen LogP contribution >= 0.6 is 8.60 Å². The van der Waals surface area contributed by atoms with E-state index in [-0.39, 0.29) is 19.2 Å². The number of carbonyl (C=O) groups excluding carboxylic acids is 1. The summed E-state index contributed by atoms with van der Waals surface area (Å²) in [7, 11) is -2.02. The van der Waals surface area contributed by atoms with E-state index in [2.05, 4.69) is 25.2 Å². The molecule has 0 heterocycles. The van der Waals surface area contributed by atoms with Crippen molar-refractivity contribution in [1.29, 1.82) is 0 Å². The van der Waals surface area contributed by atoms with Gasteiger partial charge in [-0.15, -0.1) is 0 Å². The Bertz CT molecular complexity index is 707. The van der Waals surface area contributed by atoms with Crippen LogP contribution in [0.2, 0.25) is 0 Å². The monoisotopic (exact) mass is 570 g/mol. The van der Waals surface area contributed by atoms with E-state index >= 15 is 0 Å². The molecular formula is C31H57NO6P+. The second-order valence-electron chi connectivity index (χ2n) is 10.3. The average Bonchev–Trinajstić information content (AvgIpc) is 2.94. The minimum Gasteiger partial charge on any atom is -0.489 e. The summed E-state index contributed by atoms with van der Waals surface area (Å²) in [5, 5.41) is 2.08. The SMILES string of the molecule is CCCCCCCCCCCCCCc1ccccc1OCC(COP(O)OCC[NH2+]CC)OC(=O)CCC. The highest BCUT2D eigenvalue weighted by Gasteiger charge is 2.19. The van der Waals surface area contributed by atoms with Gasteiger partial charge in [-0.1, -0.05) is 103 Å². The molecule has 0 aromatic heterocycles. The van der Waals surface area contributed by atoms with Gasteiger partial charge in [0.05, 0.1) is 19.7 Å². The molecule has 0 bridgehead atoms. The fourth-order valence-corrected chi connectivity index (χ4v) is 4.99. The number of quaternary nitrogens is 1. The summed E-state index contributed by atoms with van der Waals surface area (Å²) < 4.78 is 22.5. The van der Waals surface area contributed by atoms with Gasteiger partial charge in [-0.2, -0.15) is 0 Å². The van der Waals surface area contributed by atoms with E-state index in [0.717, 1.165) is 31.7 Å². The Kier molecular flexibility index (Phi) is 23.6. The van der Waals surface area contributed by atoms with Gasteiger partial charge in [-0.25, -0.2) is 0 Å². The number of rotatable bonds is 27. The van der Waals surface area contributed by atoms with Crippen LogP contribution in [0.25, 0.3) is 0 Å². The predicted molar refractivity (Wildman–Crippen MR) is 160 cm³/mol. The highest BCUT2D eigenvalue weighted by Crippen LogP contribution is 2.32. The molecule has 1 rings (SSSR count). The second-order valence-corrected chi connectivity index (χ2v) is 11.3. The first kappa shape index (κ1) is 35.8. The van der Waals surface area contributed by atoms with Crippen LogP contribution in [0.4, 0.5) is 0 Å². The molecule has 0 saturated carbocycles. The number of esters is 1. The van der Waals surface area contributed by atoms with E-state index in [4.69, 9.17) is 18.5 Å². The Hall–Kier alpha value is -1.24. The maximum atomic E-state index is 12.1. The van der Waals surface area contributed by atoms with Crippen LogP contribution in [0, 0.1) is 0 Å². The zero-order chi connectivity index (χ0) is 28.4. The first-order chi connectivity index (χ1) is 19.1. The molecule has 2 unspecified atom stereocenters. The molecule has 8 heteroatoms. The topological polar surface area (TPSA) is 90.8 Å². The molecule has 226 valence electrons. The summed E-state index contributed by atoms with van der Waals surface area (Å²) in [6.45, 7) is 8.57. The van der Waals surface area contributed by atoms with Crippen molar-refractivity contribution in [3.05, 3.63) is 29.8 Å². The Balaban J connectivity index is 2.38. The zero-order valence-electron chi connectivity index (χ0n) is 25.0. The van der Waals surface area contributed by atoms with Crippen molar-refractivity contribution in [1.82, 2.24) is 0 Å². The smallest absolute Gasteiger partial charge is 0.330 e. The lowest BCUT2D eigenvalue weighted by Gasteiger charge is -2.20. The molecule has 0 aliphatic carbocycles. The minimum atomic E-state index is -2.02. The summed E-state index contributed by atoms with van der Waals surface area (Å²) in [4.78, 5) is 22.2. The van der Waals surface area contributed by atoms with Crippen molar-refractivity contribution in [2.45, 2.75) is 123 Å². The number of unbranched alkanes of at least 4 members (excludes halogenated alkanes) is 11. The molecule has 0 saturated heterocycles. The third-order valence-corrected chi connectivity index (χ3v) is 7.41. The lowest BCUT2D eigenvalue weighted by Crippen LogP contribution is -2.84. The first-order valence-electron chi connectivity index (χ1n) is 15.6. The highest BCUT2D eigenvalue weighted by atomic mass is 31.2. The maximum absolute atomic E-state index is 12.1. The van der Waals surface area contributed by atoms with Crippen molar-refractivity contribution >= 4 is 14.6 Å². The van der Waals surface area contributed by atoms with E-state index < -0.39 is 14.7 Å². The predicted octanol–water partition coefficient (Wildman–Crippen LogP) is 6.86. The lowest BCUT2D eigenvalue weighted by molar-refractivity contribution is -0.652. The van der Waals surface area contributed by atoms with Crippen LogP contribution < -0.4 is 10.1 Å². The van der Waals surface area contributed by atoms with Gasteiger partial charge in [0.2, 0.25) is 0 Å². The Labute approximate surface area is 239 Å². The Morgan fingerprint density at radius 1 is 0.846 bits per heavy atom. The fourth-order valence-electron chi connectivity index (χ4n) is 4.36. The summed E-state index contributed by atoms with van der Waals surface area (Å²) in [6, 6.07) is 8.07. The number of hydrogen-bond acceptors (Lipinski definition) is 6. The number of aryl methyl sites for hydroxylation is 1. The van der Waals surface area contributed by atoms with Gasteiger partial charge in [-0.3, -0.25) is 4.79 Å². The van der Waals surface area contributed by atoms with Crippen molar-refractivity contribution in [3.63, 3.8) is 0 Å². The number of likely N-dealkylation sites (N-methyl/N-ethyl adjacent to an activating group) is 1. The molecule has 0 amide bonds. The average molecular weight is 571 g/mol. The largest absolute Gasteiger partial charge is 0.489 e. The lowest BCUT2D eigenvalue weighted by atomic mass is 10.0. The normalized spacial score (nSPS) is 12.8. The van der Waals surface area contributed by atoms with Crippen LogP contribution in [0.1, 0.15) is 116 Å². The Morgan fingerprint density at radius 2 is 1.49 bits per heavy atom. The van der Waals surface area contributed by atoms with Gasteiger partial charge < -0.3 is 28.7 Å². The van der Waals surface area contributed by atoms with Crippen LogP contribution in [-0.2, 0) is 25.0 Å². The van der Waals surface area contributed by atoms with Gasteiger partial charge in [0, 0.05) is 6.42 Å². The standard InChI is InChI=1S/C31H56NO6P/c1-4-7-8-9-10-11-12-13-14-15-16-17-21-28-22-18-19-23-30(28)35-26-29(38-31(33)20-5-2)27-37-39(34)36-25-24-32-6-3/h18-19,22-23,29,32,34H,4-17,20-21,24-27H2,1-3H3/p+1. The molecule has 7 nitrogen and oxygen atoms in total. The maximum Gasteiger partial charge on any atom is 0.330 e. The number of para-hydroxylation sites is 1. The van der Waals surface area contributed by atoms with Gasteiger partial charge in [-0.05, 0) is 37.8 Å². The van der Waals surface area contributed by atoms with Crippen molar-refractivity contribution in [2.75, 3.05) is 32.9 Å². The molecule has 1 aromatic rings.